The van der Waals surface area contributed by atoms with Crippen LogP contribution in [0.3, 0.4) is 0 Å². The van der Waals surface area contributed by atoms with Crippen molar-refractivity contribution in [1.29, 1.82) is 0 Å². The Bertz CT molecular complexity index is 1130. The summed E-state index contributed by atoms with van der Waals surface area (Å²) in [6, 6.07) is 8.60. The number of benzene rings is 1. The fraction of sp³-hybridized carbons (Fsp3) is 0.444. The monoisotopic (exact) mass is 428 g/mol. The summed E-state index contributed by atoms with van der Waals surface area (Å²) in [5.41, 5.74) is 11.6. The largest absolute Gasteiger partial charge is 0.382 e. The molecule has 1 aromatic heterocycles. The van der Waals surface area contributed by atoms with Gasteiger partial charge in [0.2, 0.25) is 0 Å². The van der Waals surface area contributed by atoms with Crippen LogP contribution in [0.15, 0.2) is 46.6 Å². The number of aromatic nitrogens is 1. The lowest BCUT2D eigenvalue weighted by Gasteiger charge is -2.47. The van der Waals surface area contributed by atoms with Crippen molar-refractivity contribution in [3.63, 3.8) is 0 Å². The van der Waals surface area contributed by atoms with Crippen LogP contribution in [0.25, 0.3) is 11.1 Å². The third-order valence-electron chi connectivity index (χ3n) is 7.15. The summed E-state index contributed by atoms with van der Waals surface area (Å²) in [5, 5.41) is 0. The lowest BCUT2D eigenvalue weighted by Crippen LogP contribution is -2.44. The van der Waals surface area contributed by atoms with E-state index in [1.54, 1.807) is 13.3 Å². The van der Waals surface area contributed by atoms with Gasteiger partial charge in [-0.15, -0.1) is 5.92 Å². The van der Waals surface area contributed by atoms with Crippen molar-refractivity contribution in [2.45, 2.75) is 65.1 Å². The van der Waals surface area contributed by atoms with Crippen molar-refractivity contribution in [1.82, 2.24) is 4.98 Å². The minimum atomic E-state index is -0.728. The summed E-state index contributed by atoms with van der Waals surface area (Å²) in [6.07, 6.45) is 7.93. The molecule has 0 amide bonds. The van der Waals surface area contributed by atoms with Crippen LogP contribution in [-0.2, 0) is 10.4 Å². The van der Waals surface area contributed by atoms with Crippen LogP contribution in [-0.4, -0.2) is 29.7 Å². The molecule has 1 saturated carbocycles. The van der Waals surface area contributed by atoms with Gasteiger partial charge in [0.15, 0.2) is 5.66 Å². The fourth-order valence-corrected chi connectivity index (χ4v) is 5.10. The molecule has 2 N–H and O–H groups in total. The Hall–Kier alpha value is -2.97. The maximum atomic E-state index is 6.33. The summed E-state index contributed by atoms with van der Waals surface area (Å²) < 4.78 is 5.65. The summed E-state index contributed by atoms with van der Waals surface area (Å²) in [7, 11) is 1.80. The third kappa shape index (κ3) is 3.73. The molecular weight excluding hydrogens is 396 g/mol. The summed E-state index contributed by atoms with van der Waals surface area (Å²) in [5.74, 6) is 6.59. The molecule has 5 heteroatoms. The molecule has 0 saturated heterocycles. The molecule has 1 aromatic carbocycles. The highest BCUT2D eigenvalue weighted by Crippen LogP contribution is 2.55. The molecule has 0 bridgehead atoms. The predicted molar refractivity (Wildman–Crippen MR) is 131 cm³/mol. The second kappa shape index (κ2) is 8.52. The molecule has 5 nitrogen and oxygen atoms in total. The van der Waals surface area contributed by atoms with Crippen molar-refractivity contribution in [3.05, 3.63) is 53.3 Å². The number of aliphatic imine (C=N–C) groups is 2. The topological polar surface area (TPSA) is 72.9 Å². The number of ether oxygens (including phenoxy) is 1. The van der Waals surface area contributed by atoms with E-state index in [2.05, 4.69) is 54.9 Å². The Morgan fingerprint density at radius 2 is 1.81 bits per heavy atom. The Morgan fingerprint density at radius 3 is 2.44 bits per heavy atom. The van der Waals surface area contributed by atoms with E-state index < -0.39 is 5.66 Å². The molecule has 2 aromatic rings. The normalized spacial score (nSPS) is 27.3. The average molecular weight is 429 g/mol. The molecule has 1 fully saturated rings. The lowest BCUT2D eigenvalue weighted by atomic mass is 9.63. The zero-order chi connectivity index (χ0) is 22.9. The first-order valence-corrected chi connectivity index (χ1v) is 11.3. The minimum absolute atomic E-state index is 0.151. The number of amidine groups is 1. The zero-order valence-electron chi connectivity index (χ0n) is 19.7. The maximum absolute atomic E-state index is 6.33. The number of nitrogens with zero attached hydrogens (tertiary/aromatic N) is 3. The standard InChI is InChI=1S/C27H32N4O/c1-6-7-20-14-22(17-29-16-20)21-9-8-18(2)24(15-21)27(30-19(3)25(28)31-27)26(4)12-10-23(32-5)11-13-26/h8-9,14-17,23H,10-13H2,1-5H3,(H2,28,31)/t23-,26-,27-/m0/s1. The van der Waals surface area contributed by atoms with Gasteiger partial charge in [-0.2, -0.15) is 0 Å². The van der Waals surface area contributed by atoms with Crippen LogP contribution in [0.2, 0.25) is 0 Å². The van der Waals surface area contributed by atoms with Crippen LogP contribution in [0.5, 0.6) is 0 Å². The van der Waals surface area contributed by atoms with E-state index in [1.165, 1.54) is 0 Å². The van der Waals surface area contributed by atoms with Crippen molar-refractivity contribution in [3.8, 4) is 23.0 Å². The summed E-state index contributed by atoms with van der Waals surface area (Å²) in [4.78, 5) is 14.6. The Morgan fingerprint density at radius 1 is 1.06 bits per heavy atom. The molecule has 2 heterocycles. The number of aryl methyl sites for hydroxylation is 1. The van der Waals surface area contributed by atoms with Crippen LogP contribution >= 0.6 is 0 Å². The molecular formula is C27H32N4O. The molecule has 0 spiro atoms. The quantitative estimate of drug-likeness (QED) is 0.696. The molecule has 1 aliphatic carbocycles. The third-order valence-corrected chi connectivity index (χ3v) is 7.15. The predicted octanol–water partition coefficient (Wildman–Crippen LogP) is 5.01. The zero-order valence-corrected chi connectivity index (χ0v) is 19.7. The first kappa shape index (κ1) is 22.2. The summed E-state index contributed by atoms with van der Waals surface area (Å²) >= 11 is 0. The van der Waals surface area contributed by atoms with Crippen molar-refractivity contribution in [2.75, 3.05) is 7.11 Å². The number of hydrogen-bond donors (Lipinski definition) is 1. The van der Waals surface area contributed by atoms with E-state index in [1.807, 2.05) is 20.0 Å². The van der Waals surface area contributed by atoms with E-state index in [0.29, 0.717) is 11.9 Å². The van der Waals surface area contributed by atoms with Gasteiger partial charge in [0.05, 0.1) is 11.8 Å². The van der Waals surface area contributed by atoms with Crippen LogP contribution in [0.1, 0.15) is 63.1 Å². The first-order chi connectivity index (χ1) is 15.3. The van der Waals surface area contributed by atoms with E-state index >= 15 is 0 Å². The second-order valence-corrected chi connectivity index (χ2v) is 9.23. The van der Waals surface area contributed by atoms with Gasteiger partial charge in [0.1, 0.15) is 5.84 Å². The molecule has 1 atom stereocenters. The fourth-order valence-electron chi connectivity index (χ4n) is 5.10. The molecule has 0 unspecified atom stereocenters. The van der Waals surface area contributed by atoms with Crippen molar-refractivity contribution in [2.24, 2.45) is 21.1 Å². The van der Waals surface area contributed by atoms with E-state index in [0.717, 1.165) is 59.2 Å². The highest BCUT2D eigenvalue weighted by molar-refractivity contribution is 6.41. The van der Waals surface area contributed by atoms with Gasteiger partial charge >= 0.3 is 0 Å². The highest BCUT2D eigenvalue weighted by atomic mass is 16.5. The van der Waals surface area contributed by atoms with Crippen LogP contribution in [0.4, 0.5) is 0 Å². The molecule has 1 aliphatic heterocycles. The number of nitrogens with two attached hydrogens (primary N) is 1. The number of methoxy groups -OCH3 is 1. The van der Waals surface area contributed by atoms with Gasteiger partial charge < -0.3 is 10.5 Å². The Kier molecular flexibility index (Phi) is 5.92. The SMILES string of the molecule is CC#Cc1cncc(-c2ccc(C)c([C@]3([C@]4(C)CC[C@@H](OC)CC4)N=C(C)C(N)=N3)c2)c1. The summed E-state index contributed by atoms with van der Waals surface area (Å²) in [6.45, 7) is 8.24. The average Bonchev–Trinajstić information content (AvgIpc) is 3.11. The minimum Gasteiger partial charge on any atom is -0.382 e. The van der Waals surface area contributed by atoms with Crippen LogP contribution in [0, 0.1) is 24.2 Å². The van der Waals surface area contributed by atoms with E-state index in [4.69, 9.17) is 20.5 Å². The van der Waals surface area contributed by atoms with Gasteiger partial charge in [0.25, 0.3) is 0 Å². The highest BCUT2D eigenvalue weighted by Gasteiger charge is 2.54. The van der Waals surface area contributed by atoms with Gasteiger partial charge in [-0.3, -0.25) is 9.98 Å². The molecule has 166 valence electrons. The van der Waals surface area contributed by atoms with E-state index in [9.17, 15) is 0 Å². The van der Waals surface area contributed by atoms with Crippen molar-refractivity contribution >= 4 is 11.5 Å². The Labute approximate surface area is 191 Å². The van der Waals surface area contributed by atoms with Gasteiger partial charge in [-0.25, -0.2) is 4.99 Å². The molecule has 0 radical (unpaired) electrons. The van der Waals surface area contributed by atoms with E-state index in [-0.39, 0.29) is 5.41 Å². The Balaban J connectivity index is 1.86. The smallest absolute Gasteiger partial charge is 0.184 e. The molecule has 2 aliphatic rings. The van der Waals surface area contributed by atoms with Crippen molar-refractivity contribution < 1.29 is 4.74 Å². The molecule has 4 rings (SSSR count). The second-order valence-electron chi connectivity index (χ2n) is 9.23. The van der Waals surface area contributed by atoms with Gasteiger partial charge in [-0.05, 0) is 69.7 Å². The maximum Gasteiger partial charge on any atom is 0.184 e. The number of rotatable bonds is 4. The lowest BCUT2D eigenvalue weighted by molar-refractivity contribution is 0.00120. The van der Waals surface area contributed by atoms with Crippen LogP contribution < -0.4 is 5.73 Å². The first-order valence-electron chi connectivity index (χ1n) is 11.3. The number of hydrogen-bond acceptors (Lipinski definition) is 5. The van der Waals surface area contributed by atoms with Gasteiger partial charge in [-0.1, -0.05) is 25.0 Å². The molecule has 32 heavy (non-hydrogen) atoms. The van der Waals surface area contributed by atoms with Gasteiger partial charge in [0, 0.05) is 41.6 Å². The number of pyridine rings is 1.